The van der Waals surface area contributed by atoms with Crippen LogP contribution in [0.2, 0.25) is 0 Å². The Kier molecular flexibility index (Phi) is 7.38. The first-order valence-electron chi connectivity index (χ1n) is 9.76. The van der Waals surface area contributed by atoms with Crippen LogP contribution < -0.4 is 10.2 Å². The molecule has 1 aromatic rings. The summed E-state index contributed by atoms with van der Waals surface area (Å²) in [7, 11) is 0. The summed E-state index contributed by atoms with van der Waals surface area (Å²) in [5.41, 5.74) is 0.302. The molecule has 0 bridgehead atoms. The van der Waals surface area contributed by atoms with E-state index < -0.39 is 0 Å². The molecule has 3 rings (SSSR count). The second-order valence-electron chi connectivity index (χ2n) is 6.66. The van der Waals surface area contributed by atoms with E-state index in [0.29, 0.717) is 50.8 Å². The smallest absolute Gasteiger partial charge is 0.409 e. The topological polar surface area (TPSA) is 100 Å². The van der Waals surface area contributed by atoms with E-state index in [2.05, 4.69) is 20.4 Å². The van der Waals surface area contributed by atoms with Crippen LogP contribution in [0.4, 0.5) is 10.6 Å². The van der Waals surface area contributed by atoms with Gasteiger partial charge in [-0.1, -0.05) is 0 Å². The molecule has 0 radical (unpaired) electrons. The van der Waals surface area contributed by atoms with Crippen molar-refractivity contribution in [3.05, 3.63) is 17.8 Å². The number of nitrogens with one attached hydrogen (secondary N) is 1. The van der Waals surface area contributed by atoms with E-state index in [4.69, 9.17) is 9.47 Å². The first kappa shape index (κ1) is 20.3. The largest absolute Gasteiger partial charge is 0.450 e. The summed E-state index contributed by atoms with van der Waals surface area (Å²) in [5.74, 6) is 0.479. The minimum Gasteiger partial charge on any atom is -0.450 e. The zero-order valence-corrected chi connectivity index (χ0v) is 16.3. The van der Waals surface area contributed by atoms with Gasteiger partial charge in [0, 0.05) is 52.4 Å². The summed E-state index contributed by atoms with van der Waals surface area (Å²) in [6, 6.07) is 3.48. The van der Waals surface area contributed by atoms with Crippen molar-refractivity contribution in [2.45, 2.75) is 6.92 Å². The molecule has 28 heavy (non-hydrogen) atoms. The van der Waals surface area contributed by atoms with Crippen molar-refractivity contribution in [3.63, 3.8) is 0 Å². The number of morpholine rings is 1. The van der Waals surface area contributed by atoms with Gasteiger partial charge in [-0.25, -0.2) is 4.79 Å². The van der Waals surface area contributed by atoms with Crippen LogP contribution in [0.1, 0.15) is 17.4 Å². The lowest BCUT2D eigenvalue weighted by atomic mass is 10.3. The molecule has 0 aliphatic carbocycles. The molecule has 0 unspecified atom stereocenters. The van der Waals surface area contributed by atoms with Gasteiger partial charge in [-0.05, 0) is 19.1 Å². The average molecular weight is 392 g/mol. The summed E-state index contributed by atoms with van der Waals surface area (Å²) in [6.45, 7) is 9.27. The number of carbonyl (C=O) groups is 2. The van der Waals surface area contributed by atoms with Crippen LogP contribution in [0.3, 0.4) is 0 Å². The van der Waals surface area contributed by atoms with E-state index >= 15 is 0 Å². The maximum Gasteiger partial charge on any atom is 0.409 e. The molecule has 2 amide bonds. The number of anilines is 1. The number of hydrogen-bond acceptors (Lipinski definition) is 8. The molecular formula is C18H28N6O4. The number of hydrogen-bond donors (Lipinski definition) is 1. The van der Waals surface area contributed by atoms with E-state index in [0.717, 1.165) is 32.8 Å². The van der Waals surface area contributed by atoms with E-state index in [1.165, 1.54) is 0 Å². The molecule has 2 aliphatic heterocycles. The third kappa shape index (κ3) is 5.52. The Balaban J connectivity index is 1.43. The standard InChI is InChI=1S/C18H28N6O4/c1-2-28-18(26)24-9-7-23(8-10-24)16-4-3-15(20-21-16)17(25)19-5-6-22-11-13-27-14-12-22/h3-4H,2,5-14H2,1H3,(H,19,25). The van der Waals surface area contributed by atoms with Gasteiger partial charge in [-0.2, -0.15) is 0 Å². The highest BCUT2D eigenvalue weighted by molar-refractivity contribution is 5.92. The maximum absolute atomic E-state index is 12.2. The molecule has 0 saturated carbocycles. The van der Waals surface area contributed by atoms with Crippen LogP contribution in [0.25, 0.3) is 0 Å². The van der Waals surface area contributed by atoms with Crippen molar-refractivity contribution in [1.29, 1.82) is 0 Å². The highest BCUT2D eigenvalue weighted by atomic mass is 16.6. The molecule has 2 aliphatic rings. The van der Waals surface area contributed by atoms with Gasteiger partial charge < -0.3 is 24.6 Å². The molecular weight excluding hydrogens is 364 g/mol. The van der Waals surface area contributed by atoms with Crippen molar-refractivity contribution in [2.24, 2.45) is 0 Å². The van der Waals surface area contributed by atoms with Gasteiger partial charge in [-0.15, -0.1) is 10.2 Å². The zero-order chi connectivity index (χ0) is 19.8. The van der Waals surface area contributed by atoms with E-state index in [9.17, 15) is 9.59 Å². The Labute approximate surface area is 164 Å². The van der Waals surface area contributed by atoms with Crippen molar-refractivity contribution >= 4 is 17.8 Å². The van der Waals surface area contributed by atoms with E-state index in [-0.39, 0.29) is 12.0 Å². The maximum atomic E-state index is 12.2. The fourth-order valence-corrected chi connectivity index (χ4v) is 3.19. The molecule has 2 fully saturated rings. The highest BCUT2D eigenvalue weighted by Crippen LogP contribution is 2.13. The number of nitrogens with zero attached hydrogens (tertiary/aromatic N) is 5. The summed E-state index contributed by atoms with van der Waals surface area (Å²) in [5, 5.41) is 11.1. The van der Waals surface area contributed by atoms with Gasteiger partial charge in [0.1, 0.15) is 0 Å². The summed E-state index contributed by atoms with van der Waals surface area (Å²) in [4.78, 5) is 30.0. The van der Waals surface area contributed by atoms with Crippen molar-refractivity contribution in [1.82, 2.24) is 25.3 Å². The Morgan fingerprint density at radius 1 is 1.11 bits per heavy atom. The fourth-order valence-electron chi connectivity index (χ4n) is 3.19. The lowest BCUT2D eigenvalue weighted by Crippen LogP contribution is -2.49. The summed E-state index contributed by atoms with van der Waals surface area (Å²) in [6.07, 6.45) is -0.280. The average Bonchev–Trinajstić information content (AvgIpc) is 2.75. The number of ether oxygens (including phenoxy) is 2. The monoisotopic (exact) mass is 392 g/mol. The molecule has 3 heterocycles. The fraction of sp³-hybridized carbons (Fsp3) is 0.667. The van der Waals surface area contributed by atoms with Crippen LogP contribution in [0, 0.1) is 0 Å². The Morgan fingerprint density at radius 2 is 1.86 bits per heavy atom. The molecule has 0 atom stereocenters. The molecule has 154 valence electrons. The second-order valence-corrected chi connectivity index (χ2v) is 6.66. The van der Waals surface area contributed by atoms with Crippen LogP contribution in [-0.4, -0.2) is 104 Å². The highest BCUT2D eigenvalue weighted by Gasteiger charge is 2.23. The predicted molar refractivity (Wildman–Crippen MR) is 102 cm³/mol. The zero-order valence-electron chi connectivity index (χ0n) is 16.3. The van der Waals surface area contributed by atoms with Crippen LogP contribution in [-0.2, 0) is 9.47 Å². The van der Waals surface area contributed by atoms with E-state index in [1.54, 1.807) is 24.0 Å². The minimum atomic E-state index is -0.280. The lowest BCUT2D eigenvalue weighted by molar-refractivity contribution is 0.0383. The van der Waals surface area contributed by atoms with E-state index in [1.807, 2.05) is 4.90 Å². The van der Waals surface area contributed by atoms with Gasteiger partial charge in [0.25, 0.3) is 5.91 Å². The van der Waals surface area contributed by atoms with Crippen molar-refractivity contribution in [3.8, 4) is 0 Å². The van der Waals surface area contributed by atoms with Gasteiger partial charge in [0.05, 0.1) is 19.8 Å². The van der Waals surface area contributed by atoms with Gasteiger partial charge in [0.2, 0.25) is 0 Å². The normalized spacial score (nSPS) is 18.0. The molecule has 0 spiro atoms. The number of aromatic nitrogens is 2. The van der Waals surface area contributed by atoms with Crippen LogP contribution in [0.15, 0.2) is 12.1 Å². The van der Waals surface area contributed by atoms with Crippen molar-refractivity contribution < 1.29 is 19.1 Å². The van der Waals surface area contributed by atoms with Gasteiger partial charge in [0.15, 0.2) is 11.5 Å². The molecule has 1 N–H and O–H groups in total. The first-order chi connectivity index (χ1) is 13.7. The molecule has 10 nitrogen and oxygen atoms in total. The molecule has 1 aromatic heterocycles. The van der Waals surface area contributed by atoms with Gasteiger partial charge in [-0.3, -0.25) is 9.69 Å². The third-order valence-electron chi connectivity index (χ3n) is 4.83. The molecule has 10 heteroatoms. The summed E-state index contributed by atoms with van der Waals surface area (Å²) < 4.78 is 10.3. The second kappa shape index (κ2) is 10.2. The number of carbonyl (C=O) groups excluding carboxylic acids is 2. The Hall–Kier alpha value is -2.46. The quantitative estimate of drug-likeness (QED) is 0.712. The minimum absolute atomic E-state index is 0.223. The molecule has 2 saturated heterocycles. The predicted octanol–water partition coefficient (Wildman–Crippen LogP) is -0.183. The SMILES string of the molecule is CCOC(=O)N1CCN(c2ccc(C(=O)NCCN3CCOCC3)nn2)CC1. The number of amides is 2. The Morgan fingerprint density at radius 3 is 2.50 bits per heavy atom. The third-order valence-corrected chi connectivity index (χ3v) is 4.83. The van der Waals surface area contributed by atoms with Crippen LogP contribution in [0.5, 0.6) is 0 Å². The first-order valence-corrected chi connectivity index (χ1v) is 9.76. The summed E-state index contributed by atoms with van der Waals surface area (Å²) >= 11 is 0. The lowest BCUT2D eigenvalue weighted by Gasteiger charge is -2.34. The number of rotatable bonds is 6. The van der Waals surface area contributed by atoms with Crippen molar-refractivity contribution in [2.75, 3.05) is 77.1 Å². The molecule has 0 aromatic carbocycles. The van der Waals surface area contributed by atoms with Gasteiger partial charge >= 0.3 is 6.09 Å². The number of piperazine rings is 1. The Bertz CT molecular complexity index is 642. The van der Waals surface area contributed by atoms with Crippen LogP contribution >= 0.6 is 0 Å².